The van der Waals surface area contributed by atoms with Gasteiger partial charge in [-0.05, 0) is 50.2 Å². The molecule has 0 radical (unpaired) electrons. The Kier molecular flexibility index (Phi) is 7.00. The molecule has 6 heteroatoms. The van der Waals surface area contributed by atoms with Gasteiger partial charge in [-0.25, -0.2) is 0 Å². The Morgan fingerprint density at radius 2 is 1.60 bits per heavy atom. The summed E-state index contributed by atoms with van der Waals surface area (Å²) < 4.78 is 0. The summed E-state index contributed by atoms with van der Waals surface area (Å²) in [6.45, 7) is 2.88. The molecule has 0 aromatic heterocycles. The highest BCUT2D eigenvalue weighted by atomic mass is 16.2. The number of nitrogens with one attached hydrogen (secondary N) is 1. The summed E-state index contributed by atoms with van der Waals surface area (Å²) in [5.74, 6) is -0.637. The summed E-state index contributed by atoms with van der Waals surface area (Å²) in [7, 11) is 3.99. The fraction of sp³-hybridized carbons (Fsp3) is 0.375. The van der Waals surface area contributed by atoms with Gasteiger partial charge in [-0.15, -0.1) is 0 Å². The number of carbonyl (C=O) groups is 3. The van der Waals surface area contributed by atoms with E-state index in [4.69, 9.17) is 0 Å². The first-order chi connectivity index (χ1) is 14.4. The molecule has 3 rings (SSSR count). The van der Waals surface area contributed by atoms with E-state index >= 15 is 0 Å². The second-order valence-electron chi connectivity index (χ2n) is 7.79. The van der Waals surface area contributed by atoms with Crippen LogP contribution in [0, 0.1) is 0 Å². The Bertz CT molecular complexity index is 887. The lowest BCUT2D eigenvalue weighted by Crippen LogP contribution is -2.35. The predicted molar refractivity (Wildman–Crippen MR) is 116 cm³/mol. The average molecular weight is 408 g/mol. The first-order valence-electron chi connectivity index (χ1n) is 10.4. The molecule has 0 aliphatic carbocycles. The number of nitrogens with zero attached hydrogens (tertiary/aromatic N) is 2. The van der Waals surface area contributed by atoms with Crippen LogP contribution in [0.3, 0.4) is 0 Å². The van der Waals surface area contributed by atoms with Crippen molar-refractivity contribution < 1.29 is 14.4 Å². The molecule has 6 nitrogen and oxygen atoms in total. The van der Waals surface area contributed by atoms with Gasteiger partial charge in [-0.1, -0.05) is 43.3 Å². The first kappa shape index (κ1) is 21.7. The quantitative estimate of drug-likeness (QED) is 0.649. The van der Waals surface area contributed by atoms with Gasteiger partial charge in [0.25, 0.3) is 11.8 Å². The number of imide groups is 1. The normalized spacial score (nSPS) is 14.2. The molecule has 158 valence electrons. The van der Waals surface area contributed by atoms with E-state index in [2.05, 4.69) is 41.4 Å². The van der Waals surface area contributed by atoms with Crippen LogP contribution in [0.5, 0.6) is 0 Å². The Morgan fingerprint density at radius 3 is 2.13 bits per heavy atom. The van der Waals surface area contributed by atoms with Crippen molar-refractivity contribution >= 4 is 17.7 Å². The van der Waals surface area contributed by atoms with Crippen LogP contribution in [0.25, 0.3) is 0 Å². The smallest absolute Gasteiger partial charge is 0.261 e. The molecule has 2 aromatic carbocycles. The fourth-order valence-electron chi connectivity index (χ4n) is 3.71. The molecule has 1 heterocycles. The second kappa shape index (κ2) is 9.67. The third-order valence-corrected chi connectivity index (χ3v) is 5.55. The zero-order valence-electron chi connectivity index (χ0n) is 17.9. The Labute approximate surface area is 177 Å². The summed E-state index contributed by atoms with van der Waals surface area (Å²) in [5.41, 5.74) is 3.32. The van der Waals surface area contributed by atoms with E-state index in [9.17, 15) is 14.4 Å². The lowest BCUT2D eigenvalue weighted by atomic mass is 10.0. The van der Waals surface area contributed by atoms with Crippen molar-refractivity contribution in [1.82, 2.24) is 15.1 Å². The summed E-state index contributed by atoms with van der Waals surface area (Å²) in [6.07, 6.45) is 1.70. The maximum atomic E-state index is 12.4. The van der Waals surface area contributed by atoms with Crippen LogP contribution in [-0.2, 0) is 11.2 Å². The van der Waals surface area contributed by atoms with E-state index in [1.54, 1.807) is 24.3 Å². The summed E-state index contributed by atoms with van der Waals surface area (Å²) in [4.78, 5) is 40.4. The number of rotatable bonds is 9. The highest BCUT2D eigenvalue weighted by Gasteiger charge is 2.34. The molecule has 0 unspecified atom stereocenters. The van der Waals surface area contributed by atoms with Crippen LogP contribution < -0.4 is 5.32 Å². The summed E-state index contributed by atoms with van der Waals surface area (Å²) >= 11 is 0. The number of benzene rings is 2. The van der Waals surface area contributed by atoms with Gasteiger partial charge in [-0.3, -0.25) is 19.3 Å². The molecule has 1 N–H and O–H groups in total. The molecule has 2 aromatic rings. The van der Waals surface area contributed by atoms with E-state index in [0.29, 0.717) is 24.1 Å². The van der Waals surface area contributed by atoms with Crippen LogP contribution in [0.4, 0.5) is 0 Å². The lowest BCUT2D eigenvalue weighted by Gasteiger charge is -2.25. The van der Waals surface area contributed by atoms with Gasteiger partial charge < -0.3 is 10.2 Å². The van der Waals surface area contributed by atoms with Crippen molar-refractivity contribution in [1.29, 1.82) is 0 Å². The molecule has 1 atom stereocenters. The van der Waals surface area contributed by atoms with Gasteiger partial charge in [0.05, 0.1) is 17.2 Å². The minimum Gasteiger partial charge on any atom is -0.354 e. The third kappa shape index (κ3) is 4.76. The second-order valence-corrected chi connectivity index (χ2v) is 7.79. The van der Waals surface area contributed by atoms with Gasteiger partial charge in [0.1, 0.15) is 0 Å². The maximum Gasteiger partial charge on any atom is 0.261 e. The zero-order chi connectivity index (χ0) is 21.7. The number of hydrogen-bond donors (Lipinski definition) is 1. The standard InChI is InChI=1S/C24H29N3O3/c1-4-17-11-13-18(14-12-17)21(26(2)3)16-25-22(28)10-7-15-27-23(29)19-8-5-6-9-20(19)24(27)30/h5-6,8-9,11-14,21H,4,7,10,15-16H2,1-3H3,(H,25,28)/t21-/m0/s1. The Hall–Kier alpha value is -2.99. The van der Waals surface area contributed by atoms with Crippen molar-refractivity contribution in [3.63, 3.8) is 0 Å². The molecule has 0 saturated carbocycles. The topological polar surface area (TPSA) is 69.7 Å². The number of amides is 3. The molecular weight excluding hydrogens is 378 g/mol. The third-order valence-electron chi connectivity index (χ3n) is 5.55. The van der Waals surface area contributed by atoms with Gasteiger partial charge in [0, 0.05) is 19.5 Å². The van der Waals surface area contributed by atoms with Gasteiger partial charge in [0.15, 0.2) is 0 Å². The van der Waals surface area contributed by atoms with Crippen LogP contribution in [0.15, 0.2) is 48.5 Å². The van der Waals surface area contributed by atoms with E-state index in [1.165, 1.54) is 10.5 Å². The van der Waals surface area contributed by atoms with E-state index in [0.717, 1.165) is 12.0 Å². The van der Waals surface area contributed by atoms with Crippen molar-refractivity contribution in [3.05, 3.63) is 70.8 Å². The lowest BCUT2D eigenvalue weighted by molar-refractivity contribution is -0.121. The van der Waals surface area contributed by atoms with Crippen molar-refractivity contribution in [2.75, 3.05) is 27.2 Å². The number of likely N-dealkylation sites (N-methyl/N-ethyl adjacent to an activating group) is 1. The molecule has 0 spiro atoms. The van der Waals surface area contributed by atoms with Crippen LogP contribution in [-0.4, -0.2) is 54.7 Å². The number of aryl methyl sites for hydroxylation is 1. The summed E-state index contributed by atoms with van der Waals surface area (Å²) in [5, 5.41) is 2.99. The molecular formula is C24H29N3O3. The average Bonchev–Trinajstić information content (AvgIpc) is 2.99. The van der Waals surface area contributed by atoms with Crippen LogP contribution >= 0.6 is 0 Å². The number of hydrogen-bond acceptors (Lipinski definition) is 4. The van der Waals surface area contributed by atoms with Crippen molar-refractivity contribution in [2.24, 2.45) is 0 Å². The predicted octanol–water partition coefficient (Wildman–Crippen LogP) is 3.04. The largest absolute Gasteiger partial charge is 0.354 e. The van der Waals surface area contributed by atoms with Gasteiger partial charge in [0.2, 0.25) is 5.91 Å². The van der Waals surface area contributed by atoms with Crippen LogP contribution in [0.1, 0.15) is 57.7 Å². The van der Waals surface area contributed by atoms with Gasteiger partial charge in [-0.2, -0.15) is 0 Å². The molecule has 0 fully saturated rings. The first-order valence-corrected chi connectivity index (χ1v) is 10.4. The van der Waals surface area contributed by atoms with E-state index < -0.39 is 0 Å². The molecule has 1 aliphatic heterocycles. The monoisotopic (exact) mass is 407 g/mol. The highest BCUT2D eigenvalue weighted by molar-refractivity contribution is 6.21. The number of carbonyl (C=O) groups excluding carboxylic acids is 3. The van der Waals surface area contributed by atoms with Crippen molar-refractivity contribution in [3.8, 4) is 0 Å². The molecule has 0 saturated heterocycles. The minimum atomic E-state index is -0.279. The highest BCUT2D eigenvalue weighted by Crippen LogP contribution is 2.23. The van der Waals surface area contributed by atoms with Gasteiger partial charge >= 0.3 is 0 Å². The van der Waals surface area contributed by atoms with E-state index in [-0.39, 0.29) is 36.7 Å². The fourth-order valence-corrected chi connectivity index (χ4v) is 3.71. The maximum absolute atomic E-state index is 12.4. The molecule has 0 bridgehead atoms. The molecule has 1 aliphatic rings. The minimum absolute atomic E-state index is 0.0797. The summed E-state index contributed by atoms with van der Waals surface area (Å²) in [6, 6.07) is 15.4. The number of fused-ring (bicyclic) bond motifs is 1. The molecule has 30 heavy (non-hydrogen) atoms. The zero-order valence-corrected chi connectivity index (χ0v) is 17.9. The Morgan fingerprint density at radius 1 is 1.00 bits per heavy atom. The van der Waals surface area contributed by atoms with Crippen LogP contribution in [0.2, 0.25) is 0 Å². The Balaban J connectivity index is 1.48. The molecule has 3 amide bonds. The van der Waals surface area contributed by atoms with Crippen molar-refractivity contribution in [2.45, 2.75) is 32.2 Å². The van der Waals surface area contributed by atoms with E-state index in [1.807, 2.05) is 14.1 Å². The SMILES string of the molecule is CCc1ccc([C@H](CNC(=O)CCCN2C(=O)c3ccccc3C2=O)N(C)C)cc1.